The van der Waals surface area contributed by atoms with Crippen LogP contribution in [0.2, 0.25) is 0 Å². The predicted octanol–water partition coefficient (Wildman–Crippen LogP) is 18.6. The molecule has 0 N–H and O–H groups in total. The van der Waals surface area contributed by atoms with Crippen molar-refractivity contribution in [2.75, 3.05) is 4.90 Å². The molecule has 0 saturated heterocycles. The lowest BCUT2D eigenvalue weighted by molar-refractivity contribution is 1.28. The molecule has 12 aromatic rings. The van der Waals surface area contributed by atoms with E-state index in [0.717, 1.165) is 33.8 Å². The van der Waals surface area contributed by atoms with Crippen molar-refractivity contribution in [1.82, 2.24) is 0 Å². The van der Waals surface area contributed by atoms with Crippen LogP contribution in [-0.4, -0.2) is 0 Å². The normalized spacial score (nSPS) is 11.3. The van der Waals surface area contributed by atoms with Crippen molar-refractivity contribution in [2.45, 2.75) is 0 Å². The highest BCUT2D eigenvalue weighted by Crippen LogP contribution is 2.45. The van der Waals surface area contributed by atoms with E-state index in [-0.39, 0.29) is 0 Å². The summed E-state index contributed by atoms with van der Waals surface area (Å²) in [6, 6.07) is 99.7. The van der Waals surface area contributed by atoms with Gasteiger partial charge in [-0.2, -0.15) is 0 Å². The smallest absolute Gasteiger partial charge is 0.0546 e. The number of rotatable bonds is 9. The summed E-state index contributed by atoms with van der Waals surface area (Å²) in [6.45, 7) is 0. The molecule has 0 aliphatic rings. The maximum Gasteiger partial charge on any atom is 0.0546 e. The van der Waals surface area contributed by atoms with Crippen molar-refractivity contribution in [3.8, 4) is 66.8 Å². The molecule has 12 aromatic carbocycles. The van der Waals surface area contributed by atoms with Gasteiger partial charge in [0.15, 0.2) is 0 Å². The zero-order valence-corrected chi connectivity index (χ0v) is 36.9. The molecule has 0 aliphatic carbocycles. The molecule has 0 spiro atoms. The molecule has 0 bridgehead atoms. The Hall–Kier alpha value is -8.78. The minimum Gasteiger partial charge on any atom is -0.310 e. The van der Waals surface area contributed by atoms with Crippen LogP contribution in [0.5, 0.6) is 0 Å². The Morgan fingerprint density at radius 2 is 0.522 bits per heavy atom. The van der Waals surface area contributed by atoms with Crippen molar-refractivity contribution in [3.05, 3.63) is 273 Å². The van der Waals surface area contributed by atoms with Crippen molar-refractivity contribution in [2.24, 2.45) is 0 Å². The largest absolute Gasteiger partial charge is 0.310 e. The van der Waals surface area contributed by atoms with Gasteiger partial charge in [0.2, 0.25) is 0 Å². The first-order valence-corrected chi connectivity index (χ1v) is 23.1. The molecule has 0 amide bonds. The molecule has 1 heteroatoms. The topological polar surface area (TPSA) is 3.24 Å². The highest BCUT2D eigenvalue weighted by Gasteiger charge is 2.20. The summed E-state index contributed by atoms with van der Waals surface area (Å²) in [5.41, 5.74) is 17.5. The molecule has 0 saturated carbocycles. The fourth-order valence-electron chi connectivity index (χ4n) is 9.72. The molecule has 314 valence electrons. The summed E-state index contributed by atoms with van der Waals surface area (Å²) >= 11 is 0. The Morgan fingerprint density at radius 3 is 1.03 bits per heavy atom. The van der Waals surface area contributed by atoms with Gasteiger partial charge in [-0.15, -0.1) is 0 Å². The lowest BCUT2D eigenvalue weighted by atomic mass is 9.91. The fourth-order valence-corrected chi connectivity index (χ4v) is 9.72. The Morgan fingerprint density at radius 1 is 0.179 bits per heavy atom. The zero-order chi connectivity index (χ0) is 44.5. The van der Waals surface area contributed by atoms with Gasteiger partial charge in [-0.25, -0.2) is 0 Å². The molecule has 0 radical (unpaired) electrons. The maximum atomic E-state index is 2.44. The van der Waals surface area contributed by atoms with Gasteiger partial charge in [-0.05, 0) is 148 Å². The van der Waals surface area contributed by atoms with Crippen LogP contribution in [-0.2, 0) is 0 Å². The molecule has 0 aromatic heterocycles. The Kier molecular flexibility index (Phi) is 10.3. The highest BCUT2D eigenvalue weighted by molar-refractivity contribution is 5.97. The van der Waals surface area contributed by atoms with E-state index in [4.69, 9.17) is 0 Å². The van der Waals surface area contributed by atoms with Crippen LogP contribution in [0.15, 0.2) is 273 Å². The van der Waals surface area contributed by atoms with E-state index in [2.05, 4.69) is 278 Å². The number of anilines is 3. The van der Waals surface area contributed by atoms with Gasteiger partial charge in [0.1, 0.15) is 0 Å². The van der Waals surface area contributed by atoms with E-state index < -0.39 is 0 Å². The van der Waals surface area contributed by atoms with Crippen LogP contribution in [0, 0.1) is 0 Å². The zero-order valence-electron chi connectivity index (χ0n) is 36.9. The molecule has 0 heterocycles. The third-order valence-electron chi connectivity index (χ3n) is 13.2. The summed E-state index contributed by atoms with van der Waals surface area (Å²) in [7, 11) is 0. The average molecular weight is 852 g/mol. The second-order valence-corrected chi connectivity index (χ2v) is 17.3. The van der Waals surface area contributed by atoms with Crippen LogP contribution < -0.4 is 4.90 Å². The number of nitrogens with zero attached hydrogens (tertiary/aromatic N) is 1. The SMILES string of the molecule is c1ccc(-c2ccc(-c3ccc(N(c4ccc(-c5ccc6ccccc6c5)cc4)c4cc(-c5ccc6ccccc6c5)ccc4-c4ccc5ccccc5c4)cc3)cc2-c2ccccc2)cc1. The van der Waals surface area contributed by atoms with E-state index in [0.29, 0.717) is 0 Å². The predicted molar refractivity (Wildman–Crippen MR) is 286 cm³/mol. The molecule has 67 heavy (non-hydrogen) atoms. The summed E-state index contributed by atoms with van der Waals surface area (Å²) in [4.78, 5) is 2.44. The first-order valence-electron chi connectivity index (χ1n) is 23.1. The summed E-state index contributed by atoms with van der Waals surface area (Å²) in [6.07, 6.45) is 0. The Bertz CT molecular complexity index is 3720. The van der Waals surface area contributed by atoms with Crippen molar-refractivity contribution >= 4 is 49.4 Å². The minimum absolute atomic E-state index is 1.07. The molecular weight excluding hydrogens is 807 g/mol. The van der Waals surface area contributed by atoms with E-state index in [9.17, 15) is 0 Å². The first-order chi connectivity index (χ1) is 33.2. The lowest BCUT2D eigenvalue weighted by Gasteiger charge is -2.29. The van der Waals surface area contributed by atoms with Gasteiger partial charge >= 0.3 is 0 Å². The standard InChI is InChI=1S/C66H45N/c1-3-16-51(17-4-1)63-39-33-58(44-65(63)52-18-5-2-6-19-52)50-31-37-62(38-32-50)67(61-35-29-49(30-36-61)56-26-23-46-13-7-10-20-53(46)41-56)66-45-59(57-27-24-47-14-8-11-21-54(47)42-57)34-40-64(66)60-28-25-48-15-9-12-22-55(48)43-60/h1-45H. The molecule has 12 rings (SSSR count). The van der Waals surface area contributed by atoms with Gasteiger partial charge in [0.05, 0.1) is 5.69 Å². The third kappa shape index (κ3) is 7.84. The highest BCUT2D eigenvalue weighted by atomic mass is 15.1. The van der Waals surface area contributed by atoms with Crippen LogP contribution >= 0.6 is 0 Å². The monoisotopic (exact) mass is 851 g/mol. The summed E-state index contributed by atoms with van der Waals surface area (Å²) in [5, 5.41) is 7.38. The lowest BCUT2D eigenvalue weighted by Crippen LogP contribution is -2.11. The van der Waals surface area contributed by atoms with Crippen LogP contribution in [0.3, 0.4) is 0 Å². The molecule has 0 aliphatic heterocycles. The number of hydrogen-bond donors (Lipinski definition) is 0. The van der Waals surface area contributed by atoms with Crippen molar-refractivity contribution in [1.29, 1.82) is 0 Å². The van der Waals surface area contributed by atoms with Crippen molar-refractivity contribution in [3.63, 3.8) is 0 Å². The molecule has 0 atom stereocenters. The number of fused-ring (bicyclic) bond motifs is 3. The van der Waals surface area contributed by atoms with E-state index in [1.165, 1.54) is 82.4 Å². The molecule has 0 fully saturated rings. The van der Waals surface area contributed by atoms with E-state index >= 15 is 0 Å². The van der Waals surface area contributed by atoms with Gasteiger partial charge in [0.25, 0.3) is 0 Å². The van der Waals surface area contributed by atoms with Crippen LogP contribution in [0.1, 0.15) is 0 Å². The van der Waals surface area contributed by atoms with Gasteiger partial charge in [-0.1, -0.05) is 218 Å². The second-order valence-electron chi connectivity index (χ2n) is 17.3. The second kappa shape index (κ2) is 17.3. The van der Waals surface area contributed by atoms with E-state index in [1.54, 1.807) is 0 Å². The van der Waals surface area contributed by atoms with E-state index in [1.807, 2.05) is 0 Å². The van der Waals surface area contributed by atoms with Crippen LogP contribution in [0.25, 0.3) is 99.1 Å². The maximum absolute atomic E-state index is 2.44. The summed E-state index contributed by atoms with van der Waals surface area (Å²) < 4.78 is 0. The number of hydrogen-bond acceptors (Lipinski definition) is 1. The van der Waals surface area contributed by atoms with Gasteiger partial charge in [0, 0.05) is 16.9 Å². The first kappa shape index (κ1) is 39.8. The average Bonchev–Trinajstić information content (AvgIpc) is 3.41. The van der Waals surface area contributed by atoms with Gasteiger partial charge in [-0.3, -0.25) is 0 Å². The van der Waals surface area contributed by atoms with Crippen molar-refractivity contribution < 1.29 is 0 Å². The quantitative estimate of drug-likeness (QED) is 0.140. The Labute approximate surface area is 392 Å². The van der Waals surface area contributed by atoms with Crippen LogP contribution in [0.4, 0.5) is 17.1 Å². The third-order valence-corrected chi connectivity index (χ3v) is 13.2. The Balaban J connectivity index is 1.02. The molecule has 1 nitrogen and oxygen atoms in total. The fraction of sp³-hybridized carbons (Fsp3) is 0. The minimum atomic E-state index is 1.07. The number of benzene rings is 12. The molecular formula is C66H45N. The summed E-state index contributed by atoms with van der Waals surface area (Å²) in [5.74, 6) is 0. The van der Waals surface area contributed by atoms with Gasteiger partial charge < -0.3 is 4.90 Å². The molecule has 0 unspecified atom stereocenters.